The van der Waals surface area contributed by atoms with Gasteiger partial charge in [-0.15, -0.1) is 0 Å². The summed E-state index contributed by atoms with van der Waals surface area (Å²) in [7, 11) is -2.59. The van der Waals surface area contributed by atoms with Crippen LogP contribution in [-0.4, -0.2) is 58.7 Å². The molecule has 2 saturated carbocycles. The highest BCUT2D eigenvalue weighted by atomic mass is 28.4. The summed E-state index contributed by atoms with van der Waals surface area (Å²) < 4.78 is 7.23. The lowest BCUT2D eigenvalue weighted by Crippen LogP contribution is -2.64. The minimum Gasteiger partial charge on any atom is -0.480 e. The molecule has 3 aliphatic carbocycles. The second-order valence-corrected chi connectivity index (χ2v) is 18.5. The molecule has 3 aliphatic rings. The first-order chi connectivity index (χ1) is 17.4. The van der Waals surface area contributed by atoms with Gasteiger partial charge in [-0.1, -0.05) is 60.6 Å². The van der Waals surface area contributed by atoms with Crippen molar-refractivity contribution in [2.24, 2.45) is 34.0 Å². The zero-order valence-electron chi connectivity index (χ0n) is 23.6. The Bertz CT molecular complexity index is 966. The molecule has 10 heteroatoms. The Morgan fingerprint density at radius 3 is 1.66 bits per heavy atom. The number of hydrogen-bond acceptors (Lipinski definition) is 5. The summed E-state index contributed by atoms with van der Waals surface area (Å²) in [6.45, 7) is 14.8. The van der Waals surface area contributed by atoms with Crippen molar-refractivity contribution in [1.29, 1.82) is 0 Å². The van der Waals surface area contributed by atoms with E-state index in [0.717, 1.165) is 0 Å². The maximum Gasteiger partial charge on any atom is 0.321 e. The van der Waals surface area contributed by atoms with Crippen LogP contribution in [0.3, 0.4) is 0 Å². The van der Waals surface area contributed by atoms with Crippen molar-refractivity contribution in [3.8, 4) is 0 Å². The van der Waals surface area contributed by atoms with Crippen LogP contribution >= 0.6 is 0 Å². The van der Waals surface area contributed by atoms with Gasteiger partial charge in [-0.05, 0) is 66.5 Å². The number of allylic oxidation sites excluding steroid dienone is 2. The largest absolute Gasteiger partial charge is 0.480 e. The second kappa shape index (κ2) is 10.1. The third-order valence-electron chi connectivity index (χ3n) is 10.7. The molecule has 0 saturated heterocycles. The lowest BCUT2D eigenvalue weighted by atomic mass is 9.46. The highest BCUT2D eigenvalue weighted by Gasteiger charge is 2.66. The standard InChI is InChI=1S/C28H44O9Si/c1-15(2)38(16(3)4,17(5)6)37-21-14-28(24(33)34,25(35)36)13-19-9-8-18-12-27(22(29)30,23(31)32)11-10-20(18)26(19,21)7/h8-9,15-21H,10-14H2,1-7H3,(H,29,30)(H,31,32)(H,33,34)(H,35,36)/t18?,19-,20?,21+,26-/m1/s1. The Hall–Kier alpha value is -2.20. The Morgan fingerprint density at radius 2 is 1.24 bits per heavy atom. The normalized spacial score (nSPS) is 32.1. The van der Waals surface area contributed by atoms with Gasteiger partial charge in [-0.3, -0.25) is 19.2 Å². The molecule has 0 aromatic rings. The first kappa shape index (κ1) is 30.3. The fraction of sp³-hybridized carbons (Fsp3) is 0.786. The van der Waals surface area contributed by atoms with Gasteiger partial charge in [0.1, 0.15) is 0 Å². The van der Waals surface area contributed by atoms with E-state index < -0.39 is 60.5 Å². The quantitative estimate of drug-likeness (QED) is 0.170. The van der Waals surface area contributed by atoms with Crippen LogP contribution in [0.2, 0.25) is 16.6 Å². The van der Waals surface area contributed by atoms with Crippen molar-refractivity contribution < 1.29 is 44.0 Å². The minimum atomic E-state index is -2.59. The molecule has 5 atom stereocenters. The zero-order chi connectivity index (χ0) is 29.0. The maximum atomic E-state index is 12.5. The summed E-state index contributed by atoms with van der Waals surface area (Å²) in [5.74, 6) is -6.37. The molecule has 0 spiro atoms. The molecule has 0 aliphatic heterocycles. The molecule has 0 aromatic carbocycles. The first-order valence-corrected chi connectivity index (χ1v) is 15.9. The topological polar surface area (TPSA) is 158 Å². The van der Waals surface area contributed by atoms with Crippen molar-refractivity contribution in [2.45, 2.75) is 103 Å². The number of carbonyl (C=O) groups is 4. The summed E-state index contributed by atoms with van der Waals surface area (Å²) in [6, 6.07) is 0. The molecule has 2 unspecified atom stereocenters. The molecule has 0 amide bonds. The molecule has 3 rings (SSSR count). The van der Waals surface area contributed by atoms with Crippen LogP contribution in [0, 0.1) is 34.0 Å². The van der Waals surface area contributed by atoms with Gasteiger partial charge in [0.2, 0.25) is 8.32 Å². The number of fused-ring (bicyclic) bond motifs is 3. The average Bonchev–Trinajstić information content (AvgIpc) is 2.80. The summed E-state index contributed by atoms with van der Waals surface area (Å²) in [6.07, 6.45) is 2.91. The maximum absolute atomic E-state index is 12.5. The van der Waals surface area contributed by atoms with E-state index in [4.69, 9.17) is 4.43 Å². The number of aliphatic carboxylic acids is 4. The van der Waals surface area contributed by atoms with Crippen molar-refractivity contribution in [3.05, 3.63) is 12.2 Å². The molecule has 214 valence electrons. The predicted octanol–water partition coefficient (Wildman–Crippen LogP) is 5.26. The van der Waals surface area contributed by atoms with E-state index in [1.165, 1.54) is 0 Å². The summed E-state index contributed by atoms with van der Waals surface area (Å²) in [5.41, 5.74) is -4.00. The third kappa shape index (κ3) is 4.22. The van der Waals surface area contributed by atoms with Gasteiger partial charge >= 0.3 is 23.9 Å². The van der Waals surface area contributed by atoms with Crippen LogP contribution in [0.4, 0.5) is 0 Å². The van der Waals surface area contributed by atoms with E-state index in [-0.39, 0.29) is 54.1 Å². The predicted molar refractivity (Wildman–Crippen MR) is 142 cm³/mol. The minimum absolute atomic E-state index is 0.0359. The summed E-state index contributed by atoms with van der Waals surface area (Å²) in [4.78, 5) is 49.3. The van der Waals surface area contributed by atoms with Crippen molar-refractivity contribution in [1.82, 2.24) is 0 Å². The van der Waals surface area contributed by atoms with E-state index in [0.29, 0.717) is 6.42 Å². The van der Waals surface area contributed by atoms with Gasteiger partial charge in [0.25, 0.3) is 0 Å². The fourth-order valence-corrected chi connectivity index (χ4v) is 14.1. The first-order valence-electron chi connectivity index (χ1n) is 13.7. The molecule has 9 nitrogen and oxygen atoms in total. The van der Waals surface area contributed by atoms with Crippen LogP contribution < -0.4 is 0 Å². The Balaban J connectivity index is 2.20. The Labute approximate surface area is 225 Å². The SMILES string of the molecule is CC(C)[Si](O[C@H]1CC(C(=O)O)(C(=O)O)C[C@H]2C=CC3CC(C(=O)O)(C(=O)O)CCC3[C@@]21C)(C(C)C)C(C)C. The van der Waals surface area contributed by atoms with Gasteiger partial charge in [0.05, 0.1) is 6.10 Å². The molecule has 0 radical (unpaired) electrons. The third-order valence-corrected chi connectivity index (χ3v) is 16.8. The van der Waals surface area contributed by atoms with Crippen LogP contribution in [-0.2, 0) is 23.6 Å². The molecule has 2 fully saturated rings. The number of rotatable bonds is 9. The van der Waals surface area contributed by atoms with Crippen LogP contribution in [0.25, 0.3) is 0 Å². The van der Waals surface area contributed by atoms with Gasteiger partial charge in [-0.25, -0.2) is 0 Å². The highest BCUT2D eigenvalue weighted by Crippen LogP contribution is 2.64. The number of hydrogen-bond donors (Lipinski definition) is 4. The lowest BCUT2D eigenvalue weighted by Gasteiger charge is -2.61. The van der Waals surface area contributed by atoms with Gasteiger partial charge in [0, 0.05) is 5.41 Å². The van der Waals surface area contributed by atoms with Crippen LogP contribution in [0.1, 0.15) is 80.6 Å². The van der Waals surface area contributed by atoms with Gasteiger partial charge in [0.15, 0.2) is 10.8 Å². The summed E-state index contributed by atoms with van der Waals surface area (Å²) in [5, 5.41) is 40.2. The molecule has 0 heterocycles. The average molecular weight is 553 g/mol. The van der Waals surface area contributed by atoms with E-state index >= 15 is 0 Å². The molecule has 0 aromatic heterocycles. The molecule has 38 heavy (non-hydrogen) atoms. The Morgan fingerprint density at radius 1 is 0.763 bits per heavy atom. The molecular weight excluding hydrogens is 508 g/mol. The smallest absolute Gasteiger partial charge is 0.321 e. The lowest BCUT2D eigenvalue weighted by molar-refractivity contribution is -0.189. The van der Waals surface area contributed by atoms with Crippen molar-refractivity contribution >= 4 is 32.2 Å². The van der Waals surface area contributed by atoms with Crippen molar-refractivity contribution in [2.75, 3.05) is 0 Å². The molecular formula is C28H44O9Si. The number of carboxylic acids is 4. The fourth-order valence-electron chi connectivity index (χ4n) is 8.50. The van der Waals surface area contributed by atoms with Gasteiger partial charge < -0.3 is 24.9 Å². The van der Waals surface area contributed by atoms with Crippen LogP contribution in [0.5, 0.6) is 0 Å². The Kier molecular flexibility index (Phi) is 8.05. The zero-order valence-corrected chi connectivity index (χ0v) is 24.6. The van der Waals surface area contributed by atoms with Crippen molar-refractivity contribution in [3.63, 3.8) is 0 Å². The van der Waals surface area contributed by atoms with E-state index in [1.807, 2.05) is 19.1 Å². The second-order valence-electron chi connectivity index (χ2n) is 13.1. The van der Waals surface area contributed by atoms with E-state index in [9.17, 15) is 39.6 Å². The highest BCUT2D eigenvalue weighted by molar-refractivity contribution is 6.77. The van der Waals surface area contributed by atoms with E-state index in [1.54, 1.807) is 0 Å². The molecule has 4 N–H and O–H groups in total. The monoisotopic (exact) mass is 552 g/mol. The van der Waals surface area contributed by atoms with Gasteiger partial charge in [-0.2, -0.15) is 0 Å². The summed E-state index contributed by atoms with van der Waals surface area (Å²) >= 11 is 0. The van der Waals surface area contributed by atoms with E-state index in [2.05, 4.69) is 41.5 Å². The number of carboxylic acid groups (broad SMARTS) is 4. The van der Waals surface area contributed by atoms with Crippen LogP contribution in [0.15, 0.2) is 12.2 Å². The molecule has 0 bridgehead atoms.